The zero-order chi connectivity index (χ0) is 12.7. The average molecular weight is 319 g/mol. The Balaban J connectivity index is 2.21. The van der Waals surface area contributed by atoms with Gasteiger partial charge in [-0.3, -0.25) is 0 Å². The van der Waals surface area contributed by atoms with Gasteiger partial charge in [0.2, 0.25) is 10.0 Å². The van der Waals surface area contributed by atoms with Crippen LogP contribution in [0, 0.1) is 5.41 Å². The highest BCUT2D eigenvalue weighted by molar-refractivity contribution is 9.10. The Morgan fingerprint density at radius 2 is 2.12 bits per heavy atom. The molecule has 6 heteroatoms. The highest BCUT2D eigenvalue weighted by Gasteiger charge is 2.38. The Labute approximate surface area is 110 Å². The fourth-order valence-electron chi connectivity index (χ4n) is 1.46. The lowest BCUT2D eigenvalue weighted by Crippen LogP contribution is -2.29. The van der Waals surface area contributed by atoms with E-state index < -0.39 is 10.0 Å². The zero-order valence-electron chi connectivity index (χ0n) is 9.53. The minimum atomic E-state index is -3.48. The van der Waals surface area contributed by atoms with Crippen LogP contribution in [0.2, 0.25) is 0 Å². The van der Waals surface area contributed by atoms with Crippen molar-refractivity contribution in [3.8, 4) is 0 Å². The number of nitrogens with two attached hydrogens (primary N) is 1. The SMILES string of the molecule is CC1(CNS(=O)(=O)c2cc(N)ccc2Br)CC1. The van der Waals surface area contributed by atoms with Gasteiger partial charge in [-0.25, -0.2) is 13.1 Å². The highest BCUT2D eigenvalue weighted by Crippen LogP contribution is 2.44. The van der Waals surface area contributed by atoms with E-state index in [9.17, 15) is 8.42 Å². The van der Waals surface area contributed by atoms with Crippen molar-refractivity contribution in [3.63, 3.8) is 0 Å². The molecule has 17 heavy (non-hydrogen) atoms. The van der Waals surface area contributed by atoms with Crippen LogP contribution in [0.25, 0.3) is 0 Å². The topological polar surface area (TPSA) is 72.2 Å². The fraction of sp³-hybridized carbons (Fsp3) is 0.455. The lowest BCUT2D eigenvalue weighted by atomic mass is 10.2. The molecule has 3 N–H and O–H groups in total. The van der Waals surface area contributed by atoms with Crippen molar-refractivity contribution < 1.29 is 8.42 Å². The molecule has 94 valence electrons. The minimum absolute atomic E-state index is 0.139. The van der Waals surface area contributed by atoms with E-state index in [1.54, 1.807) is 12.1 Å². The number of hydrogen-bond donors (Lipinski definition) is 2. The van der Waals surface area contributed by atoms with E-state index in [1.807, 2.05) is 0 Å². The van der Waals surface area contributed by atoms with E-state index in [4.69, 9.17) is 5.73 Å². The number of rotatable bonds is 4. The molecule has 0 unspecified atom stereocenters. The summed E-state index contributed by atoms with van der Waals surface area (Å²) in [6.45, 7) is 2.56. The molecule has 0 spiro atoms. The first-order chi connectivity index (χ1) is 7.82. The first-order valence-corrected chi connectivity index (χ1v) is 7.65. The zero-order valence-corrected chi connectivity index (χ0v) is 11.9. The van der Waals surface area contributed by atoms with E-state index in [0.29, 0.717) is 16.7 Å². The number of anilines is 1. The third-order valence-electron chi connectivity index (χ3n) is 3.04. The van der Waals surface area contributed by atoms with Gasteiger partial charge in [0.1, 0.15) is 0 Å². The molecule has 1 aromatic carbocycles. The highest BCUT2D eigenvalue weighted by atomic mass is 79.9. The number of nitrogen functional groups attached to an aromatic ring is 1. The summed E-state index contributed by atoms with van der Waals surface area (Å²) in [5, 5.41) is 0. The summed E-state index contributed by atoms with van der Waals surface area (Å²) in [5.74, 6) is 0. The summed E-state index contributed by atoms with van der Waals surface area (Å²) >= 11 is 3.23. The summed E-state index contributed by atoms with van der Waals surface area (Å²) in [6.07, 6.45) is 2.15. The third-order valence-corrected chi connectivity index (χ3v) is 5.43. The van der Waals surface area contributed by atoms with E-state index in [-0.39, 0.29) is 10.3 Å². The van der Waals surface area contributed by atoms with Crippen LogP contribution in [0.1, 0.15) is 19.8 Å². The van der Waals surface area contributed by atoms with E-state index in [2.05, 4.69) is 27.6 Å². The van der Waals surface area contributed by atoms with Crippen LogP contribution in [0.5, 0.6) is 0 Å². The van der Waals surface area contributed by atoms with E-state index in [0.717, 1.165) is 12.8 Å². The van der Waals surface area contributed by atoms with Crippen LogP contribution in [0.4, 0.5) is 5.69 Å². The molecule has 0 saturated heterocycles. The smallest absolute Gasteiger partial charge is 0.241 e. The van der Waals surface area contributed by atoms with Gasteiger partial charge in [0.15, 0.2) is 0 Å². The lowest BCUT2D eigenvalue weighted by molar-refractivity contribution is 0.530. The molecule has 0 aliphatic heterocycles. The molecule has 4 nitrogen and oxygen atoms in total. The average Bonchev–Trinajstić information content (AvgIpc) is 2.98. The van der Waals surface area contributed by atoms with E-state index >= 15 is 0 Å². The van der Waals surface area contributed by atoms with Crippen molar-refractivity contribution in [1.29, 1.82) is 0 Å². The molecule has 1 aliphatic rings. The fourth-order valence-corrected chi connectivity index (χ4v) is 3.66. The standard InChI is InChI=1S/C11H15BrN2O2S/c1-11(4-5-11)7-14-17(15,16)10-6-8(13)2-3-9(10)12/h2-3,6,14H,4-5,7,13H2,1H3. The van der Waals surface area contributed by atoms with Crippen LogP contribution >= 0.6 is 15.9 Å². The normalized spacial score (nSPS) is 18.0. The number of hydrogen-bond acceptors (Lipinski definition) is 3. The molecule has 0 aromatic heterocycles. The van der Waals surface area contributed by atoms with Gasteiger partial charge in [-0.1, -0.05) is 6.92 Å². The third kappa shape index (κ3) is 3.00. The Morgan fingerprint density at radius 3 is 2.71 bits per heavy atom. The van der Waals surface area contributed by atoms with Crippen molar-refractivity contribution in [2.24, 2.45) is 5.41 Å². The molecular formula is C11H15BrN2O2S. The van der Waals surface area contributed by atoms with Crippen molar-refractivity contribution in [2.75, 3.05) is 12.3 Å². The maximum Gasteiger partial charge on any atom is 0.241 e. The Hall–Kier alpha value is -0.590. The second kappa shape index (κ2) is 4.26. The number of halogens is 1. The van der Waals surface area contributed by atoms with Crippen molar-refractivity contribution in [3.05, 3.63) is 22.7 Å². The van der Waals surface area contributed by atoms with Gasteiger partial charge in [0.25, 0.3) is 0 Å². The van der Waals surface area contributed by atoms with Crippen LogP contribution in [-0.2, 0) is 10.0 Å². The molecule has 0 atom stereocenters. The van der Waals surface area contributed by atoms with Crippen LogP contribution in [0.15, 0.2) is 27.6 Å². The maximum atomic E-state index is 12.1. The summed E-state index contributed by atoms with van der Waals surface area (Å²) in [7, 11) is -3.48. The quantitative estimate of drug-likeness (QED) is 0.835. The van der Waals surface area contributed by atoms with Crippen molar-refractivity contribution >= 4 is 31.6 Å². The lowest BCUT2D eigenvalue weighted by Gasteiger charge is -2.12. The van der Waals surface area contributed by atoms with Crippen LogP contribution in [-0.4, -0.2) is 15.0 Å². The van der Waals surface area contributed by atoms with Gasteiger partial charge in [-0.15, -0.1) is 0 Å². The summed E-state index contributed by atoms with van der Waals surface area (Å²) < 4.78 is 27.3. The first-order valence-electron chi connectivity index (χ1n) is 5.37. The van der Waals surface area contributed by atoms with Gasteiger partial charge >= 0.3 is 0 Å². The van der Waals surface area contributed by atoms with Crippen LogP contribution < -0.4 is 10.5 Å². The van der Waals surface area contributed by atoms with Crippen molar-refractivity contribution in [1.82, 2.24) is 4.72 Å². The molecule has 1 fully saturated rings. The second-order valence-corrected chi connectivity index (χ2v) is 7.41. The monoisotopic (exact) mass is 318 g/mol. The Morgan fingerprint density at radius 1 is 1.47 bits per heavy atom. The molecular weight excluding hydrogens is 304 g/mol. The van der Waals surface area contributed by atoms with Gasteiger partial charge in [-0.05, 0) is 52.4 Å². The Kier molecular flexibility index (Phi) is 3.22. The predicted octanol–water partition coefficient (Wildman–Crippen LogP) is 2.11. The molecule has 0 amide bonds. The van der Waals surface area contributed by atoms with Crippen LogP contribution in [0.3, 0.4) is 0 Å². The molecule has 0 radical (unpaired) electrons. The second-order valence-electron chi connectivity index (χ2n) is 4.83. The summed E-state index contributed by atoms with van der Waals surface area (Å²) in [6, 6.07) is 4.76. The van der Waals surface area contributed by atoms with Gasteiger partial charge < -0.3 is 5.73 Å². The molecule has 0 bridgehead atoms. The van der Waals surface area contributed by atoms with Gasteiger partial charge in [-0.2, -0.15) is 0 Å². The van der Waals surface area contributed by atoms with E-state index in [1.165, 1.54) is 6.07 Å². The largest absolute Gasteiger partial charge is 0.399 e. The molecule has 1 aliphatic carbocycles. The molecule has 1 aromatic rings. The summed E-state index contributed by atoms with van der Waals surface area (Å²) in [5.41, 5.74) is 6.18. The Bertz CT molecular complexity index is 538. The van der Waals surface area contributed by atoms with Crippen molar-refractivity contribution in [2.45, 2.75) is 24.7 Å². The number of nitrogens with one attached hydrogen (secondary N) is 1. The number of sulfonamides is 1. The molecule has 0 heterocycles. The maximum absolute atomic E-state index is 12.1. The van der Waals surface area contributed by atoms with Gasteiger partial charge in [0.05, 0.1) is 4.90 Å². The molecule has 2 rings (SSSR count). The number of benzene rings is 1. The summed E-state index contributed by atoms with van der Waals surface area (Å²) in [4.78, 5) is 0.196. The minimum Gasteiger partial charge on any atom is -0.399 e. The van der Waals surface area contributed by atoms with Gasteiger partial charge in [0, 0.05) is 16.7 Å². The molecule has 1 saturated carbocycles. The predicted molar refractivity (Wildman–Crippen MR) is 71.1 cm³/mol. The first kappa shape index (κ1) is 12.9.